The fourth-order valence-corrected chi connectivity index (χ4v) is 1.95. The molecule has 0 saturated carbocycles. The van der Waals surface area contributed by atoms with E-state index in [1.54, 1.807) is 6.08 Å². The first-order valence-electron chi connectivity index (χ1n) is 7.00. The summed E-state index contributed by atoms with van der Waals surface area (Å²) >= 11 is 0. The van der Waals surface area contributed by atoms with Crippen molar-refractivity contribution in [3.63, 3.8) is 0 Å². The van der Waals surface area contributed by atoms with Crippen LogP contribution in [0.3, 0.4) is 0 Å². The second-order valence-corrected chi connectivity index (χ2v) is 5.24. The quantitative estimate of drug-likeness (QED) is 0.812. The zero-order valence-corrected chi connectivity index (χ0v) is 12.4. The van der Waals surface area contributed by atoms with Crippen molar-refractivity contribution < 1.29 is 13.6 Å². The fraction of sp³-hybridized carbons (Fsp3) is 0.167. The first-order chi connectivity index (χ1) is 10.5. The van der Waals surface area contributed by atoms with Gasteiger partial charge in [0.15, 0.2) is 0 Å². The van der Waals surface area contributed by atoms with Gasteiger partial charge in [-0.05, 0) is 35.3 Å². The van der Waals surface area contributed by atoms with Gasteiger partial charge in [-0.1, -0.05) is 44.2 Å². The Hall–Kier alpha value is -2.49. The van der Waals surface area contributed by atoms with Gasteiger partial charge in [-0.2, -0.15) is 0 Å². The minimum absolute atomic E-state index is 0.436. The summed E-state index contributed by atoms with van der Waals surface area (Å²) < 4.78 is 26.8. The molecule has 0 aliphatic rings. The monoisotopic (exact) mass is 301 g/mol. The summed E-state index contributed by atoms with van der Waals surface area (Å²) in [5, 5.41) is 2.20. The van der Waals surface area contributed by atoms with Crippen molar-refractivity contribution in [2.45, 2.75) is 19.8 Å². The van der Waals surface area contributed by atoms with Crippen LogP contribution < -0.4 is 5.32 Å². The number of nitrogens with one attached hydrogen (secondary N) is 1. The Bertz CT molecular complexity index is 670. The highest BCUT2D eigenvalue weighted by atomic mass is 19.1. The van der Waals surface area contributed by atoms with Crippen molar-refractivity contribution in [2.24, 2.45) is 0 Å². The zero-order valence-electron chi connectivity index (χ0n) is 12.4. The van der Waals surface area contributed by atoms with E-state index in [0.29, 0.717) is 5.92 Å². The van der Waals surface area contributed by atoms with Gasteiger partial charge < -0.3 is 5.32 Å². The maximum Gasteiger partial charge on any atom is 0.248 e. The average Bonchev–Trinajstić information content (AvgIpc) is 2.49. The Morgan fingerprint density at radius 1 is 1.05 bits per heavy atom. The van der Waals surface area contributed by atoms with Crippen molar-refractivity contribution in [1.82, 2.24) is 0 Å². The van der Waals surface area contributed by atoms with E-state index in [1.165, 1.54) is 17.7 Å². The Morgan fingerprint density at radius 2 is 1.64 bits per heavy atom. The van der Waals surface area contributed by atoms with Gasteiger partial charge in [0.25, 0.3) is 0 Å². The summed E-state index contributed by atoms with van der Waals surface area (Å²) in [5.41, 5.74) is 1.61. The highest BCUT2D eigenvalue weighted by Gasteiger charge is 2.09. The van der Waals surface area contributed by atoms with Crippen LogP contribution in [0.5, 0.6) is 0 Å². The van der Waals surface area contributed by atoms with Crippen LogP contribution in [0.25, 0.3) is 6.08 Å². The Morgan fingerprint density at radius 3 is 2.18 bits per heavy atom. The van der Waals surface area contributed by atoms with Crippen molar-refractivity contribution >= 4 is 17.7 Å². The molecule has 22 heavy (non-hydrogen) atoms. The normalized spacial score (nSPS) is 11.1. The molecular weight excluding hydrogens is 284 g/mol. The highest BCUT2D eigenvalue weighted by Crippen LogP contribution is 2.18. The molecule has 0 saturated heterocycles. The summed E-state index contributed by atoms with van der Waals surface area (Å²) in [6.07, 6.45) is 2.84. The van der Waals surface area contributed by atoms with Crippen LogP contribution in [-0.4, -0.2) is 5.91 Å². The summed E-state index contributed by atoms with van der Waals surface area (Å²) in [5.74, 6) is -1.76. The molecule has 4 heteroatoms. The molecule has 2 nitrogen and oxygen atoms in total. The number of carbonyl (C=O) groups is 1. The lowest BCUT2D eigenvalue weighted by Crippen LogP contribution is -2.10. The number of hydrogen-bond donors (Lipinski definition) is 1. The molecular formula is C18H17F2NO. The average molecular weight is 301 g/mol. The predicted molar refractivity (Wildman–Crippen MR) is 84.6 cm³/mol. The minimum atomic E-state index is -0.803. The SMILES string of the molecule is CC(C)c1ccc(/C=C/C(=O)Nc2c(F)cccc2F)cc1. The molecule has 0 aliphatic heterocycles. The van der Waals surface area contributed by atoms with Gasteiger partial charge in [-0.25, -0.2) is 8.78 Å². The topological polar surface area (TPSA) is 29.1 Å². The van der Waals surface area contributed by atoms with E-state index in [9.17, 15) is 13.6 Å². The van der Waals surface area contributed by atoms with Crippen LogP contribution in [0.2, 0.25) is 0 Å². The summed E-state index contributed by atoms with van der Waals surface area (Å²) in [6, 6.07) is 11.2. The van der Waals surface area contributed by atoms with Gasteiger partial charge in [-0.3, -0.25) is 4.79 Å². The third kappa shape index (κ3) is 4.01. The molecule has 0 spiro atoms. The second-order valence-electron chi connectivity index (χ2n) is 5.24. The van der Waals surface area contributed by atoms with Crippen molar-refractivity contribution in [3.05, 3.63) is 71.3 Å². The molecule has 0 unspecified atom stereocenters. The van der Waals surface area contributed by atoms with E-state index in [2.05, 4.69) is 19.2 Å². The molecule has 1 N–H and O–H groups in total. The molecule has 2 aromatic rings. The maximum absolute atomic E-state index is 13.4. The van der Waals surface area contributed by atoms with E-state index in [-0.39, 0.29) is 0 Å². The Labute approximate surface area is 128 Å². The first-order valence-corrected chi connectivity index (χ1v) is 7.00. The predicted octanol–water partition coefficient (Wildman–Crippen LogP) is 4.74. The van der Waals surface area contributed by atoms with Crippen LogP contribution in [-0.2, 0) is 4.79 Å². The van der Waals surface area contributed by atoms with Crippen LogP contribution in [0.4, 0.5) is 14.5 Å². The third-order valence-electron chi connectivity index (χ3n) is 3.24. The molecule has 0 aromatic heterocycles. The Balaban J connectivity index is 2.05. The van der Waals surface area contributed by atoms with Crippen LogP contribution >= 0.6 is 0 Å². The standard InChI is InChI=1S/C18H17F2NO/c1-12(2)14-9-6-13(7-10-14)8-11-17(22)21-18-15(19)4-3-5-16(18)20/h3-12H,1-2H3,(H,21,22)/b11-8+. The first kappa shape index (κ1) is 15.9. The molecule has 0 bridgehead atoms. The molecule has 2 rings (SSSR count). The molecule has 0 aliphatic carbocycles. The lowest BCUT2D eigenvalue weighted by atomic mass is 10.0. The van der Waals surface area contributed by atoms with E-state index in [4.69, 9.17) is 0 Å². The number of amides is 1. The molecule has 114 valence electrons. The zero-order chi connectivity index (χ0) is 16.1. The number of rotatable bonds is 4. The Kier molecular flexibility index (Phi) is 5.04. The lowest BCUT2D eigenvalue weighted by molar-refractivity contribution is -0.111. The third-order valence-corrected chi connectivity index (χ3v) is 3.24. The number of halogens is 2. The van der Waals surface area contributed by atoms with Crippen LogP contribution in [0, 0.1) is 11.6 Å². The minimum Gasteiger partial charge on any atom is -0.318 e. The van der Waals surface area contributed by atoms with Crippen molar-refractivity contribution in [1.29, 1.82) is 0 Å². The van der Waals surface area contributed by atoms with Gasteiger partial charge in [0.2, 0.25) is 5.91 Å². The van der Waals surface area contributed by atoms with Gasteiger partial charge in [0, 0.05) is 6.08 Å². The maximum atomic E-state index is 13.4. The number of carbonyl (C=O) groups excluding carboxylic acids is 1. The fourth-order valence-electron chi connectivity index (χ4n) is 1.95. The smallest absolute Gasteiger partial charge is 0.248 e. The van der Waals surface area contributed by atoms with Gasteiger partial charge in [0.1, 0.15) is 17.3 Å². The number of anilines is 1. The molecule has 0 heterocycles. The van der Waals surface area contributed by atoms with E-state index in [1.807, 2.05) is 24.3 Å². The van der Waals surface area contributed by atoms with Gasteiger partial charge in [0.05, 0.1) is 0 Å². The second kappa shape index (κ2) is 6.98. The number of para-hydroxylation sites is 1. The van der Waals surface area contributed by atoms with Crippen LogP contribution in [0.1, 0.15) is 30.9 Å². The molecule has 2 aromatic carbocycles. The summed E-state index contributed by atoms with van der Waals surface area (Å²) in [7, 11) is 0. The molecule has 0 fully saturated rings. The summed E-state index contributed by atoms with van der Waals surface area (Å²) in [4.78, 5) is 11.7. The van der Waals surface area contributed by atoms with E-state index < -0.39 is 23.2 Å². The molecule has 1 amide bonds. The molecule has 0 atom stereocenters. The van der Waals surface area contributed by atoms with E-state index >= 15 is 0 Å². The van der Waals surface area contributed by atoms with Crippen LogP contribution in [0.15, 0.2) is 48.5 Å². The van der Waals surface area contributed by atoms with Crippen molar-refractivity contribution in [2.75, 3.05) is 5.32 Å². The van der Waals surface area contributed by atoms with Gasteiger partial charge in [-0.15, -0.1) is 0 Å². The lowest BCUT2D eigenvalue weighted by Gasteiger charge is -2.05. The number of hydrogen-bond acceptors (Lipinski definition) is 1. The number of benzene rings is 2. The highest BCUT2D eigenvalue weighted by molar-refractivity contribution is 6.02. The summed E-state index contributed by atoms with van der Waals surface area (Å²) in [6.45, 7) is 4.20. The largest absolute Gasteiger partial charge is 0.318 e. The van der Waals surface area contributed by atoms with Crippen molar-refractivity contribution in [3.8, 4) is 0 Å². The molecule has 0 radical (unpaired) electrons. The van der Waals surface area contributed by atoms with Gasteiger partial charge >= 0.3 is 0 Å². The van der Waals surface area contributed by atoms with E-state index in [0.717, 1.165) is 17.7 Å².